The third-order valence-electron chi connectivity index (χ3n) is 2.42. The van der Waals surface area contributed by atoms with Crippen LogP contribution in [-0.2, 0) is 9.53 Å². The van der Waals surface area contributed by atoms with Crippen molar-refractivity contribution in [3.8, 4) is 0 Å². The van der Waals surface area contributed by atoms with E-state index in [0.717, 1.165) is 5.56 Å². The van der Waals surface area contributed by atoms with Crippen LogP contribution >= 0.6 is 0 Å². The van der Waals surface area contributed by atoms with Gasteiger partial charge >= 0.3 is 0 Å². The van der Waals surface area contributed by atoms with Gasteiger partial charge in [-0.15, -0.1) is 0 Å². The molecule has 1 aliphatic rings. The third kappa shape index (κ3) is 2.36. The predicted molar refractivity (Wildman–Crippen MR) is 57.1 cm³/mol. The largest absolute Gasteiger partial charge is 0.348 e. The molecule has 0 spiro atoms. The number of rotatable bonds is 1. The second kappa shape index (κ2) is 3.66. The normalized spacial score (nSPS) is 24.7. The van der Waals surface area contributed by atoms with Crippen LogP contribution in [0.15, 0.2) is 30.3 Å². The monoisotopic (exact) mass is 205 g/mol. The molecule has 0 radical (unpaired) electrons. The van der Waals surface area contributed by atoms with Gasteiger partial charge in [0, 0.05) is 5.56 Å². The molecule has 3 heteroatoms. The Morgan fingerprint density at radius 1 is 1.33 bits per heavy atom. The maximum Gasteiger partial charge on any atom is 0.225 e. The molecule has 1 aromatic carbocycles. The average Bonchev–Trinajstić information content (AvgIpc) is 2.16. The number of nitrogens with one attached hydrogen (secondary N) is 1. The van der Waals surface area contributed by atoms with Crippen molar-refractivity contribution in [1.29, 1.82) is 0 Å². The van der Waals surface area contributed by atoms with Gasteiger partial charge in [-0.2, -0.15) is 0 Å². The van der Waals surface area contributed by atoms with E-state index >= 15 is 0 Å². The van der Waals surface area contributed by atoms with E-state index in [9.17, 15) is 4.79 Å². The summed E-state index contributed by atoms with van der Waals surface area (Å²) in [5.74, 6) is 0.0418. The number of benzene rings is 1. The van der Waals surface area contributed by atoms with Crippen LogP contribution in [0.4, 0.5) is 0 Å². The van der Waals surface area contributed by atoms with Crippen LogP contribution in [0.1, 0.15) is 32.1 Å². The van der Waals surface area contributed by atoms with E-state index in [1.807, 2.05) is 44.2 Å². The Morgan fingerprint density at radius 3 is 2.60 bits per heavy atom. The van der Waals surface area contributed by atoms with E-state index < -0.39 is 0 Å². The first-order valence-electron chi connectivity index (χ1n) is 5.09. The van der Waals surface area contributed by atoms with Gasteiger partial charge in [-0.1, -0.05) is 30.3 Å². The minimum atomic E-state index is -0.386. The highest BCUT2D eigenvalue weighted by Crippen LogP contribution is 2.28. The summed E-state index contributed by atoms with van der Waals surface area (Å²) in [6, 6.07) is 9.72. The molecule has 0 aromatic heterocycles. The number of carbonyl (C=O) groups excluding carboxylic acids is 1. The molecule has 0 saturated carbocycles. The van der Waals surface area contributed by atoms with E-state index in [1.165, 1.54) is 0 Å². The fourth-order valence-corrected chi connectivity index (χ4v) is 1.75. The lowest BCUT2D eigenvalue weighted by Crippen LogP contribution is -2.46. The molecule has 1 aromatic rings. The molecule has 1 aliphatic heterocycles. The summed E-state index contributed by atoms with van der Waals surface area (Å²) in [6.45, 7) is 3.86. The van der Waals surface area contributed by atoms with E-state index in [4.69, 9.17) is 4.74 Å². The van der Waals surface area contributed by atoms with Crippen molar-refractivity contribution in [1.82, 2.24) is 5.32 Å². The Hall–Kier alpha value is -1.35. The number of ether oxygens (including phenoxy) is 1. The Bertz CT molecular complexity index is 359. The van der Waals surface area contributed by atoms with Gasteiger partial charge in [0.05, 0.1) is 12.0 Å². The number of amides is 1. The highest BCUT2D eigenvalue weighted by molar-refractivity contribution is 5.78. The van der Waals surface area contributed by atoms with Crippen molar-refractivity contribution in [3.05, 3.63) is 35.9 Å². The molecule has 2 rings (SSSR count). The molecule has 1 saturated heterocycles. The Morgan fingerprint density at radius 2 is 2.00 bits per heavy atom. The van der Waals surface area contributed by atoms with Crippen LogP contribution < -0.4 is 5.32 Å². The molecular formula is C12H15NO2. The summed E-state index contributed by atoms with van der Waals surface area (Å²) in [6.07, 6.45) is 0.0959. The predicted octanol–water partition coefficient (Wildman–Crippen LogP) is 2.00. The van der Waals surface area contributed by atoms with Crippen LogP contribution in [0.3, 0.4) is 0 Å². The van der Waals surface area contributed by atoms with Crippen molar-refractivity contribution < 1.29 is 9.53 Å². The minimum absolute atomic E-state index is 0.0418. The van der Waals surface area contributed by atoms with Crippen molar-refractivity contribution in [2.45, 2.75) is 32.1 Å². The lowest BCUT2D eigenvalue weighted by atomic mass is 10.0. The number of hydrogen-bond acceptors (Lipinski definition) is 2. The topological polar surface area (TPSA) is 38.3 Å². The molecule has 0 aliphatic carbocycles. The second-order valence-corrected chi connectivity index (χ2v) is 4.41. The van der Waals surface area contributed by atoms with Crippen molar-refractivity contribution in [2.75, 3.05) is 0 Å². The number of hydrogen-bond donors (Lipinski definition) is 1. The third-order valence-corrected chi connectivity index (χ3v) is 2.42. The van der Waals surface area contributed by atoms with Gasteiger partial charge in [-0.25, -0.2) is 0 Å². The smallest absolute Gasteiger partial charge is 0.225 e. The van der Waals surface area contributed by atoms with Crippen LogP contribution in [0.5, 0.6) is 0 Å². The molecule has 0 bridgehead atoms. The fourth-order valence-electron chi connectivity index (χ4n) is 1.75. The van der Waals surface area contributed by atoms with Crippen molar-refractivity contribution >= 4 is 5.91 Å². The summed E-state index contributed by atoms with van der Waals surface area (Å²) in [7, 11) is 0. The molecular weight excluding hydrogens is 190 g/mol. The molecule has 1 fully saturated rings. The Balaban J connectivity index is 2.20. The first kappa shape index (κ1) is 10.2. The first-order valence-corrected chi connectivity index (χ1v) is 5.09. The molecule has 15 heavy (non-hydrogen) atoms. The molecule has 3 nitrogen and oxygen atoms in total. The summed E-state index contributed by atoms with van der Waals surface area (Å²) < 4.78 is 5.80. The zero-order valence-corrected chi connectivity index (χ0v) is 8.99. The number of carbonyl (C=O) groups is 1. The van der Waals surface area contributed by atoms with Gasteiger partial charge in [0.15, 0.2) is 6.23 Å². The van der Waals surface area contributed by atoms with Gasteiger partial charge < -0.3 is 10.1 Å². The van der Waals surface area contributed by atoms with E-state index in [2.05, 4.69) is 5.32 Å². The standard InChI is InChI=1S/C12H15NO2/c1-12(2)8-10(14)13-11(15-12)9-6-4-3-5-7-9/h3-7,11H,8H2,1-2H3,(H,13,14)/t11-/m1/s1. The Labute approximate surface area is 89.4 Å². The summed E-state index contributed by atoms with van der Waals surface area (Å²) in [5, 5.41) is 2.83. The Kier molecular flexibility index (Phi) is 2.49. The van der Waals surface area contributed by atoms with E-state index in [0.29, 0.717) is 6.42 Å². The van der Waals surface area contributed by atoms with E-state index in [-0.39, 0.29) is 17.7 Å². The van der Waals surface area contributed by atoms with Crippen LogP contribution in [0, 0.1) is 0 Å². The van der Waals surface area contributed by atoms with Crippen molar-refractivity contribution in [2.24, 2.45) is 0 Å². The summed E-state index contributed by atoms with van der Waals surface area (Å²) >= 11 is 0. The van der Waals surface area contributed by atoms with Gasteiger partial charge in [-0.05, 0) is 13.8 Å². The zero-order valence-electron chi connectivity index (χ0n) is 8.99. The van der Waals surface area contributed by atoms with Crippen molar-refractivity contribution in [3.63, 3.8) is 0 Å². The molecule has 1 heterocycles. The SMILES string of the molecule is CC1(C)CC(=O)N[C@@H](c2ccccc2)O1. The minimum Gasteiger partial charge on any atom is -0.348 e. The molecule has 0 unspecified atom stereocenters. The molecule has 1 N–H and O–H groups in total. The second-order valence-electron chi connectivity index (χ2n) is 4.41. The molecule has 1 amide bonds. The summed E-state index contributed by atoms with van der Waals surface area (Å²) in [4.78, 5) is 11.5. The van der Waals surface area contributed by atoms with Gasteiger partial charge in [0.25, 0.3) is 0 Å². The van der Waals surface area contributed by atoms with Crippen LogP contribution in [0.2, 0.25) is 0 Å². The van der Waals surface area contributed by atoms with Crippen LogP contribution in [-0.4, -0.2) is 11.5 Å². The maximum atomic E-state index is 11.5. The van der Waals surface area contributed by atoms with Gasteiger partial charge in [0.1, 0.15) is 0 Å². The zero-order chi connectivity index (χ0) is 10.9. The molecule has 1 atom stereocenters. The average molecular weight is 205 g/mol. The van der Waals surface area contributed by atoms with Crippen LogP contribution in [0.25, 0.3) is 0 Å². The highest BCUT2D eigenvalue weighted by Gasteiger charge is 2.33. The lowest BCUT2D eigenvalue weighted by Gasteiger charge is -2.36. The van der Waals surface area contributed by atoms with Gasteiger partial charge in [-0.3, -0.25) is 4.79 Å². The summed E-state index contributed by atoms with van der Waals surface area (Å²) in [5.41, 5.74) is 0.599. The maximum absolute atomic E-state index is 11.5. The molecule has 80 valence electrons. The quantitative estimate of drug-likeness (QED) is 0.761. The van der Waals surface area contributed by atoms with Gasteiger partial charge in [0.2, 0.25) is 5.91 Å². The fraction of sp³-hybridized carbons (Fsp3) is 0.417. The van der Waals surface area contributed by atoms with E-state index in [1.54, 1.807) is 0 Å². The lowest BCUT2D eigenvalue weighted by molar-refractivity contribution is -0.157. The first-order chi connectivity index (χ1) is 7.07. The highest BCUT2D eigenvalue weighted by atomic mass is 16.5.